The topological polar surface area (TPSA) is 88.4 Å². The van der Waals surface area contributed by atoms with E-state index in [1.165, 1.54) is 6.07 Å². The standard InChI is InChI=1S/C17H18N2O4/c20-15(11-6-2-1-3-7-11)18-19-16(21)13-10-12-8-4-5-9-14(12)23-17(13)22/h4-5,8-11H,1-3,6-7H2,(H,18,20)(H,19,21). The van der Waals surface area contributed by atoms with Crippen LogP contribution >= 0.6 is 0 Å². The van der Waals surface area contributed by atoms with Crippen molar-refractivity contribution >= 4 is 22.8 Å². The lowest BCUT2D eigenvalue weighted by molar-refractivity contribution is -0.126. The molecule has 0 atom stereocenters. The summed E-state index contributed by atoms with van der Waals surface area (Å²) in [5.41, 5.74) is 4.27. The third-order valence-electron chi connectivity index (χ3n) is 4.16. The number of rotatable bonds is 2. The molecule has 1 aromatic heterocycles. The Labute approximate surface area is 132 Å². The SMILES string of the molecule is O=C(NNC(=O)C1CCCCC1)c1cc2ccccc2oc1=O. The molecule has 120 valence electrons. The first-order valence-corrected chi connectivity index (χ1v) is 7.78. The normalized spacial score (nSPS) is 15.3. The number of hydrogen-bond donors (Lipinski definition) is 2. The van der Waals surface area contributed by atoms with Crippen molar-refractivity contribution in [1.82, 2.24) is 10.9 Å². The molecule has 23 heavy (non-hydrogen) atoms. The maximum Gasteiger partial charge on any atom is 0.349 e. The van der Waals surface area contributed by atoms with Crippen molar-refractivity contribution in [2.75, 3.05) is 0 Å². The summed E-state index contributed by atoms with van der Waals surface area (Å²) in [6.45, 7) is 0. The van der Waals surface area contributed by atoms with Gasteiger partial charge in [0, 0.05) is 11.3 Å². The van der Waals surface area contributed by atoms with Gasteiger partial charge in [-0.15, -0.1) is 0 Å². The van der Waals surface area contributed by atoms with E-state index >= 15 is 0 Å². The van der Waals surface area contributed by atoms with Gasteiger partial charge in [-0.25, -0.2) is 4.79 Å². The van der Waals surface area contributed by atoms with Gasteiger partial charge in [0.15, 0.2) is 0 Å². The average Bonchev–Trinajstić information content (AvgIpc) is 2.59. The molecule has 1 aliphatic rings. The molecule has 1 aromatic carbocycles. The van der Waals surface area contributed by atoms with Crippen LogP contribution in [-0.4, -0.2) is 11.8 Å². The van der Waals surface area contributed by atoms with Gasteiger partial charge in [-0.3, -0.25) is 20.4 Å². The Morgan fingerprint density at radius 1 is 1.04 bits per heavy atom. The highest BCUT2D eigenvalue weighted by atomic mass is 16.4. The molecule has 0 saturated heterocycles. The molecule has 0 unspecified atom stereocenters. The highest BCUT2D eigenvalue weighted by Gasteiger charge is 2.22. The molecule has 2 aromatic rings. The van der Waals surface area contributed by atoms with Gasteiger partial charge in [-0.2, -0.15) is 0 Å². The van der Waals surface area contributed by atoms with Crippen molar-refractivity contribution in [2.24, 2.45) is 5.92 Å². The number of fused-ring (bicyclic) bond motifs is 1. The van der Waals surface area contributed by atoms with Crippen molar-refractivity contribution < 1.29 is 14.0 Å². The van der Waals surface area contributed by atoms with Gasteiger partial charge in [0.1, 0.15) is 11.1 Å². The number of hydrazine groups is 1. The molecular weight excluding hydrogens is 296 g/mol. The highest BCUT2D eigenvalue weighted by molar-refractivity contribution is 5.97. The van der Waals surface area contributed by atoms with Crippen LogP contribution in [0.25, 0.3) is 11.0 Å². The maximum absolute atomic E-state index is 12.1. The van der Waals surface area contributed by atoms with E-state index in [9.17, 15) is 14.4 Å². The number of para-hydroxylation sites is 1. The van der Waals surface area contributed by atoms with Crippen molar-refractivity contribution in [3.05, 3.63) is 46.3 Å². The van der Waals surface area contributed by atoms with Gasteiger partial charge in [0.2, 0.25) is 5.91 Å². The highest BCUT2D eigenvalue weighted by Crippen LogP contribution is 2.23. The Morgan fingerprint density at radius 2 is 1.78 bits per heavy atom. The third kappa shape index (κ3) is 3.41. The van der Waals surface area contributed by atoms with Gasteiger partial charge >= 0.3 is 5.63 Å². The van der Waals surface area contributed by atoms with Crippen LogP contribution in [0.15, 0.2) is 39.5 Å². The quantitative estimate of drug-likeness (QED) is 0.656. The van der Waals surface area contributed by atoms with Gasteiger partial charge in [-0.1, -0.05) is 37.5 Å². The first-order chi connectivity index (χ1) is 11.1. The summed E-state index contributed by atoms with van der Waals surface area (Å²) in [6, 6.07) is 8.40. The molecule has 0 aliphatic heterocycles. The number of benzene rings is 1. The van der Waals surface area contributed by atoms with E-state index in [1.807, 2.05) is 0 Å². The minimum absolute atomic E-state index is 0.0722. The Bertz CT molecular complexity index is 791. The Morgan fingerprint density at radius 3 is 2.57 bits per heavy atom. The van der Waals surface area contributed by atoms with E-state index in [1.54, 1.807) is 24.3 Å². The molecular formula is C17H18N2O4. The van der Waals surface area contributed by atoms with Gasteiger partial charge in [0.25, 0.3) is 5.91 Å². The number of carbonyl (C=O) groups excluding carboxylic acids is 2. The molecule has 2 N–H and O–H groups in total. The summed E-state index contributed by atoms with van der Waals surface area (Å²) in [6.07, 6.45) is 4.87. The molecule has 0 spiro atoms. The van der Waals surface area contributed by atoms with Crippen molar-refractivity contribution in [3.63, 3.8) is 0 Å². The molecule has 2 amide bonds. The van der Waals surface area contributed by atoms with Crippen molar-refractivity contribution in [2.45, 2.75) is 32.1 Å². The zero-order valence-corrected chi connectivity index (χ0v) is 12.6. The van der Waals surface area contributed by atoms with E-state index in [2.05, 4.69) is 10.9 Å². The van der Waals surface area contributed by atoms with Crippen molar-refractivity contribution in [3.8, 4) is 0 Å². The smallest absolute Gasteiger partial charge is 0.349 e. The van der Waals surface area contributed by atoms with Crippen LogP contribution in [0.5, 0.6) is 0 Å². The molecule has 1 heterocycles. The predicted molar refractivity (Wildman–Crippen MR) is 84.7 cm³/mol. The van der Waals surface area contributed by atoms with E-state index in [0.29, 0.717) is 11.0 Å². The summed E-state index contributed by atoms with van der Waals surface area (Å²) >= 11 is 0. The summed E-state index contributed by atoms with van der Waals surface area (Å²) < 4.78 is 5.11. The molecule has 6 nitrogen and oxygen atoms in total. The number of nitrogens with one attached hydrogen (secondary N) is 2. The van der Waals surface area contributed by atoms with E-state index in [4.69, 9.17) is 4.42 Å². The van der Waals surface area contributed by atoms with Crippen LogP contribution < -0.4 is 16.5 Å². The maximum atomic E-state index is 12.1. The average molecular weight is 314 g/mol. The lowest BCUT2D eigenvalue weighted by Gasteiger charge is -2.20. The second kappa shape index (κ2) is 6.64. The first-order valence-electron chi connectivity index (χ1n) is 7.78. The van der Waals surface area contributed by atoms with Gasteiger partial charge in [-0.05, 0) is 25.0 Å². The third-order valence-corrected chi connectivity index (χ3v) is 4.16. The van der Waals surface area contributed by atoms with E-state index < -0.39 is 11.5 Å². The van der Waals surface area contributed by atoms with E-state index in [0.717, 1.165) is 32.1 Å². The summed E-state index contributed by atoms with van der Waals surface area (Å²) in [5, 5.41) is 0.649. The second-order valence-electron chi connectivity index (χ2n) is 5.76. The fraction of sp³-hybridized carbons (Fsp3) is 0.353. The molecule has 6 heteroatoms. The van der Waals surface area contributed by atoms with Crippen molar-refractivity contribution in [1.29, 1.82) is 0 Å². The summed E-state index contributed by atoms with van der Waals surface area (Å²) in [7, 11) is 0. The Kier molecular flexibility index (Phi) is 4.41. The number of carbonyl (C=O) groups is 2. The lowest BCUT2D eigenvalue weighted by Crippen LogP contribution is -2.46. The van der Waals surface area contributed by atoms with Gasteiger partial charge < -0.3 is 4.42 Å². The monoisotopic (exact) mass is 314 g/mol. The first kappa shape index (κ1) is 15.3. The second-order valence-corrected chi connectivity index (χ2v) is 5.76. The van der Waals surface area contributed by atoms with Crippen LogP contribution in [0.4, 0.5) is 0 Å². The molecule has 1 saturated carbocycles. The molecule has 0 bridgehead atoms. The molecule has 1 aliphatic carbocycles. The van der Waals surface area contributed by atoms with Crippen LogP contribution in [0.2, 0.25) is 0 Å². The molecule has 3 rings (SSSR count). The van der Waals surface area contributed by atoms with Gasteiger partial charge in [0.05, 0.1) is 0 Å². The van der Waals surface area contributed by atoms with Crippen LogP contribution in [-0.2, 0) is 4.79 Å². The summed E-state index contributed by atoms with van der Waals surface area (Å²) in [5.74, 6) is -0.950. The Balaban J connectivity index is 1.69. The minimum Gasteiger partial charge on any atom is -0.422 e. The zero-order chi connectivity index (χ0) is 16.2. The molecule has 0 radical (unpaired) electrons. The van der Waals surface area contributed by atoms with Crippen LogP contribution in [0.3, 0.4) is 0 Å². The lowest BCUT2D eigenvalue weighted by atomic mass is 9.89. The fourth-order valence-corrected chi connectivity index (χ4v) is 2.87. The van der Waals surface area contributed by atoms with Crippen LogP contribution in [0, 0.1) is 5.92 Å². The fourth-order valence-electron chi connectivity index (χ4n) is 2.87. The minimum atomic E-state index is -0.729. The number of amides is 2. The predicted octanol–water partition coefficient (Wildman–Crippen LogP) is 2.13. The van der Waals surface area contributed by atoms with Crippen LogP contribution in [0.1, 0.15) is 42.5 Å². The Hall–Kier alpha value is -2.63. The van der Waals surface area contributed by atoms with E-state index in [-0.39, 0.29) is 17.4 Å². The largest absolute Gasteiger partial charge is 0.422 e. The molecule has 1 fully saturated rings. The number of hydrogen-bond acceptors (Lipinski definition) is 4. The zero-order valence-electron chi connectivity index (χ0n) is 12.6. The summed E-state index contributed by atoms with van der Waals surface area (Å²) in [4.78, 5) is 36.0.